The molecule has 5 aliphatic carbocycles. The lowest BCUT2D eigenvalue weighted by atomic mass is 9.41. The quantitative estimate of drug-likeness (QED) is 0.632. The fourth-order valence-corrected chi connectivity index (χ4v) is 6.93. The van der Waals surface area contributed by atoms with Gasteiger partial charge >= 0.3 is 5.97 Å². The van der Waals surface area contributed by atoms with Crippen LogP contribution in [0.4, 0.5) is 0 Å². The smallest absolute Gasteiger partial charge is 0.303 e. The number of hydrogen-bond acceptors (Lipinski definition) is 1. The van der Waals surface area contributed by atoms with Crippen LogP contribution in [0.3, 0.4) is 0 Å². The number of unbranched alkanes of at least 4 members (excludes halogenated alkanes) is 4. The van der Waals surface area contributed by atoms with Crippen LogP contribution < -0.4 is 0 Å². The van der Waals surface area contributed by atoms with Gasteiger partial charge in [0.05, 0.1) is 0 Å². The van der Waals surface area contributed by atoms with Gasteiger partial charge in [0.25, 0.3) is 0 Å². The van der Waals surface area contributed by atoms with E-state index in [1.807, 2.05) is 0 Å². The molecule has 5 saturated carbocycles. The Kier molecular flexibility index (Phi) is 4.21. The summed E-state index contributed by atoms with van der Waals surface area (Å²) in [7, 11) is 0. The zero-order valence-corrected chi connectivity index (χ0v) is 13.9. The second-order valence-corrected chi connectivity index (χ2v) is 8.85. The highest BCUT2D eigenvalue weighted by atomic mass is 16.4. The molecular weight excluding hydrogens is 272 g/mol. The molecule has 5 fully saturated rings. The van der Waals surface area contributed by atoms with E-state index in [9.17, 15) is 4.79 Å². The van der Waals surface area contributed by atoms with Crippen molar-refractivity contribution in [1.82, 2.24) is 0 Å². The SMILES string of the molecule is O=C(O)CCCCCCC[C@@H]1CC[C@@H]2[C@H]3C4CC(C4)C[C@H]3[C@H]12. The first-order valence-electron chi connectivity index (χ1n) is 9.96. The van der Waals surface area contributed by atoms with E-state index < -0.39 is 5.97 Å². The summed E-state index contributed by atoms with van der Waals surface area (Å²) in [5.74, 6) is 7.27. The molecule has 1 N–H and O–H groups in total. The molecule has 5 atom stereocenters. The Hall–Kier alpha value is -0.530. The van der Waals surface area contributed by atoms with Gasteiger partial charge in [-0.1, -0.05) is 32.1 Å². The molecule has 0 radical (unpaired) electrons. The highest BCUT2D eigenvalue weighted by molar-refractivity contribution is 5.66. The molecule has 0 aliphatic heterocycles. The van der Waals surface area contributed by atoms with Gasteiger partial charge in [0, 0.05) is 6.42 Å². The molecule has 2 bridgehead atoms. The molecule has 0 aromatic heterocycles. The average Bonchev–Trinajstić information content (AvgIpc) is 2.80. The first-order chi connectivity index (χ1) is 10.7. The van der Waals surface area contributed by atoms with E-state index in [4.69, 9.17) is 5.11 Å². The lowest BCUT2D eigenvalue weighted by Crippen LogP contribution is -2.57. The summed E-state index contributed by atoms with van der Waals surface area (Å²) < 4.78 is 0. The first kappa shape index (κ1) is 15.0. The van der Waals surface area contributed by atoms with Crippen molar-refractivity contribution >= 4 is 5.97 Å². The van der Waals surface area contributed by atoms with Gasteiger partial charge in [-0.15, -0.1) is 0 Å². The van der Waals surface area contributed by atoms with Crippen LogP contribution in [0.5, 0.6) is 0 Å². The third-order valence-corrected chi connectivity index (χ3v) is 7.78. The van der Waals surface area contributed by atoms with Crippen LogP contribution in [-0.2, 0) is 4.79 Å². The van der Waals surface area contributed by atoms with Gasteiger partial charge in [-0.05, 0) is 80.0 Å². The van der Waals surface area contributed by atoms with Crippen LogP contribution in [0.1, 0.15) is 77.0 Å². The standard InChI is InChI=1S/C20H32O2/c21-18(22)7-5-3-1-2-4-6-14-8-9-16-19(14)17-12-13-10-15(11-13)20(16)17/h13-17,19-20H,1-12H2,(H,21,22)/t13?,14-,15?,16+,17+,19-,20-/m1/s1. The highest BCUT2D eigenvalue weighted by Gasteiger charge is 2.62. The molecule has 5 aliphatic rings. The second kappa shape index (κ2) is 6.17. The summed E-state index contributed by atoms with van der Waals surface area (Å²) in [4.78, 5) is 10.5. The summed E-state index contributed by atoms with van der Waals surface area (Å²) in [6, 6.07) is 0. The van der Waals surface area contributed by atoms with Crippen LogP contribution in [-0.4, -0.2) is 11.1 Å². The minimum Gasteiger partial charge on any atom is -0.481 e. The van der Waals surface area contributed by atoms with E-state index in [0.717, 1.165) is 54.3 Å². The summed E-state index contributed by atoms with van der Waals surface area (Å²) in [5.41, 5.74) is 0. The third-order valence-electron chi connectivity index (χ3n) is 7.78. The lowest BCUT2D eigenvalue weighted by Gasteiger charge is -2.64. The second-order valence-electron chi connectivity index (χ2n) is 8.85. The summed E-state index contributed by atoms with van der Waals surface area (Å²) in [6.07, 6.45) is 15.6. The molecule has 124 valence electrons. The van der Waals surface area contributed by atoms with E-state index in [0.29, 0.717) is 6.42 Å². The van der Waals surface area contributed by atoms with Crippen molar-refractivity contribution < 1.29 is 9.90 Å². The van der Waals surface area contributed by atoms with Crippen LogP contribution in [0, 0.1) is 41.4 Å². The van der Waals surface area contributed by atoms with Crippen molar-refractivity contribution in [3.05, 3.63) is 0 Å². The molecule has 2 nitrogen and oxygen atoms in total. The van der Waals surface area contributed by atoms with Crippen molar-refractivity contribution in [3.8, 4) is 0 Å². The maximum atomic E-state index is 10.5. The number of fused-ring (bicyclic) bond motifs is 1. The number of carbonyl (C=O) groups is 1. The molecule has 0 heterocycles. The molecule has 2 heteroatoms. The number of aliphatic carboxylic acids is 1. The van der Waals surface area contributed by atoms with Crippen LogP contribution in [0.15, 0.2) is 0 Å². The topological polar surface area (TPSA) is 37.3 Å². The van der Waals surface area contributed by atoms with Gasteiger partial charge in [-0.25, -0.2) is 0 Å². The Morgan fingerprint density at radius 3 is 2.45 bits per heavy atom. The van der Waals surface area contributed by atoms with Gasteiger partial charge in [0.2, 0.25) is 0 Å². The van der Waals surface area contributed by atoms with E-state index in [2.05, 4.69) is 0 Å². The van der Waals surface area contributed by atoms with Crippen molar-refractivity contribution in [2.24, 2.45) is 41.4 Å². The molecule has 0 saturated heterocycles. The fourth-order valence-electron chi connectivity index (χ4n) is 6.93. The van der Waals surface area contributed by atoms with Gasteiger partial charge in [-0.2, -0.15) is 0 Å². The Balaban J connectivity index is 1.14. The van der Waals surface area contributed by atoms with Gasteiger partial charge < -0.3 is 5.11 Å². The van der Waals surface area contributed by atoms with Crippen molar-refractivity contribution in [2.45, 2.75) is 77.0 Å². The first-order valence-corrected chi connectivity index (χ1v) is 9.96. The van der Waals surface area contributed by atoms with Gasteiger partial charge in [0.1, 0.15) is 0 Å². The molecule has 0 spiro atoms. The fraction of sp³-hybridized carbons (Fsp3) is 0.950. The van der Waals surface area contributed by atoms with E-state index in [-0.39, 0.29) is 0 Å². The summed E-state index contributed by atoms with van der Waals surface area (Å²) >= 11 is 0. The van der Waals surface area contributed by atoms with Crippen molar-refractivity contribution in [1.29, 1.82) is 0 Å². The molecule has 5 rings (SSSR count). The number of carboxylic acids is 1. The molecule has 22 heavy (non-hydrogen) atoms. The van der Waals surface area contributed by atoms with Crippen LogP contribution in [0.2, 0.25) is 0 Å². The largest absolute Gasteiger partial charge is 0.481 e. The number of hydrogen-bond donors (Lipinski definition) is 1. The Bertz CT molecular complexity index is 412. The Labute approximate surface area is 135 Å². The van der Waals surface area contributed by atoms with Gasteiger partial charge in [0.15, 0.2) is 0 Å². The monoisotopic (exact) mass is 304 g/mol. The molecular formula is C20H32O2. The summed E-state index contributed by atoms with van der Waals surface area (Å²) in [6.45, 7) is 0. The minimum absolute atomic E-state index is 0.359. The maximum absolute atomic E-state index is 10.5. The molecule has 0 amide bonds. The zero-order chi connectivity index (χ0) is 15.1. The van der Waals surface area contributed by atoms with E-state index in [1.165, 1.54) is 32.1 Å². The predicted molar refractivity (Wildman–Crippen MR) is 87.5 cm³/mol. The minimum atomic E-state index is -0.637. The third kappa shape index (κ3) is 2.61. The normalized spacial score (nSPS) is 44.6. The molecule has 0 aromatic rings. The maximum Gasteiger partial charge on any atom is 0.303 e. The predicted octanol–water partition coefficient (Wildman–Crippen LogP) is 5.12. The Morgan fingerprint density at radius 2 is 1.64 bits per heavy atom. The van der Waals surface area contributed by atoms with Crippen molar-refractivity contribution in [2.75, 3.05) is 0 Å². The lowest BCUT2D eigenvalue weighted by molar-refractivity contribution is -0.155. The molecule has 0 unspecified atom stereocenters. The van der Waals surface area contributed by atoms with Gasteiger partial charge in [-0.3, -0.25) is 4.79 Å². The molecule has 0 aromatic carbocycles. The number of carboxylic acid groups (broad SMARTS) is 1. The van der Waals surface area contributed by atoms with Crippen LogP contribution in [0.25, 0.3) is 0 Å². The average molecular weight is 304 g/mol. The Morgan fingerprint density at radius 1 is 0.864 bits per heavy atom. The van der Waals surface area contributed by atoms with E-state index in [1.54, 1.807) is 25.7 Å². The summed E-state index contributed by atoms with van der Waals surface area (Å²) in [5, 5.41) is 8.64. The zero-order valence-electron chi connectivity index (χ0n) is 13.9. The number of rotatable bonds is 8. The van der Waals surface area contributed by atoms with E-state index >= 15 is 0 Å². The van der Waals surface area contributed by atoms with Crippen LogP contribution >= 0.6 is 0 Å². The highest BCUT2D eigenvalue weighted by Crippen LogP contribution is 2.70. The van der Waals surface area contributed by atoms with Crippen molar-refractivity contribution in [3.63, 3.8) is 0 Å².